The fourth-order valence-corrected chi connectivity index (χ4v) is 2.82. The van der Waals surface area contributed by atoms with Gasteiger partial charge in [0.15, 0.2) is 23.0 Å². The lowest BCUT2D eigenvalue weighted by molar-refractivity contribution is -0.155. The molecule has 0 saturated carbocycles. The van der Waals surface area contributed by atoms with Crippen molar-refractivity contribution in [2.75, 3.05) is 20.8 Å². The van der Waals surface area contributed by atoms with Crippen LogP contribution in [0.25, 0.3) is 0 Å². The summed E-state index contributed by atoms with van der Waals surface area (Å²) in [6.45, 7) is 0.185. The Hall–Kier alpha value is -2.41. The number of esters is 1. The molecule has 0 aliphatic carbocycles. The van der Waals surface area contributed by atoms with Gasteiger partial charge in [-0.25, -0.2) is 4.79 Å². The SMILES string of the molecule is COc1cc(Br)c(COC(=O)[C@H]2COc3ccccc3O2)cc1OC. The van der Waals surface area contributed by atoms with Gasteiger partial charge < -0.3 is 23.7 Å². The van der Waals surface area contributed by atoms with Crippen molar-refractivity contribution < 1.29 is 28.5 Å². The zero-order valence-electron chi connectivity index (χ0n) is 13.8. The number of para-hydroxylation sites is 2. The molecule has 6 nitrogen and oxygen atoms in total. The molecule has 1 heterocycles. The summed E-state index contributed by atoms with van der Waals surface area (Å²) in [7, 11) is 3.11. The van der Waals surface area contributed by atoms with E-state index >= 15 is 0 Å². The van der Waals surface area contributed by atoms with Crippen LogP contribution < -0.4 is 18.9 Å². The van der Waals surface area contributed by atoms with Gasteiger partial charge in [-0.1, -0.05) is 28.1 Å². The zero-order chi connectivity index (χ0) is 17.8. The van der Waals surface area contributed by atoms with E-state index in [9.17, 15) is 4.79 Å². The first-order valence-corrected chi connectivity index (χ1v) is 8.37. The van der Waals surface area contributed by atoms with Crippen LogP contribution in [0.1, 0.15) is 5.56 Å². The van der Waals surface area contributed by atoms with Gasteiger partial charge in [-0.3, -0.25) is 0 Å². The minimum absolute atomic E-state index is 0.0707. The number of carbonyl (C=O) groups is 1. The van der Waals surface area contributed by atoms with Crippen molar-refractivity contribution >= 4 is 21.9 Å². The van der Waals surface area contributed by atoms with E-state index in [0.29, 0.717) is 23.0 Å². The van der Waals surface area contributed by atoms with E-state index in [0.717, 1.165) is 10.0 Å². The molecule has 2 aromatic rings. The smallest absolute Gasteiger partial charge is 0.351 e. The Morgan fingerprint density at radius 3 is 2.56 bits per heavy atom. The number of ether oxygens (including phenoxy) is 5. The first-order chi connectivity index (χ1) is 12.1. The number of hydrogen-bond acceptors (Lipinski definition) is 6. The number of benzene rings is 2. The fourth-order valence-electron chi connectivity index (χ4n) is 2.38. The van der Waals surface area contributed by atoms with Gasteiger partial charge in [0.25, 0.3) is 0 Å². The molecule has 0 N–H and O–H groups in total. The Labute approximate surface area is 153 Å². The molecule has 0 amide bonds. The number of hydrogen-bond donors (Lipinski definition) is 0. The summed E-state index contributed by atoms with van der Waals surface area (Å²) in [5, 5.41) is 0. The van der Waals surface area contributed by atoms with Crippen LogP contribution in [0, 0.1) is 0 Å². The Bertz CT molecular complexity index is 776. The first kappa shape index (κ1) is 17.4. The summed E-state index contributed by atoms with van der Waals surface area (Å²) in [6, 6.07) is 10.7. The van der Waals surface area contributed by atoms with Crippen LogP contribution in [0.5, 0.6) is 23.0 Å². The third kappa shape index (κ3) is 3.82. The van der Waals surface area contributed by atoms with Crippen molar-refractivity contribution in [3.05, 3.63) is 46.4 Å². The predicted molar refractivity (Wildman–Crippen MR) is 93.4 cm³/mol. The quantitative estimate of drug-likeness (QED) is 0.706. The summed E-state index contributed by atoms with van der Waals surface area (Å²) >= 11 is 3.44. The molecule has 1 aliphatic rings. The van der Waals surface area contributed by atoms with E-state index in [-0.39, 0.29) is 13.2 Å². The second-order valence-electron chi connectivity index (χ2n) is 5.27. The molecule has 0 fully saturated rings. The Kier molecular flexibility index (Phi) is 5.33. The lowest BCUT2D eigenvalue weighted by atomic mass is 10.2. The molecule has 25 heavy (non-hydrogen) atoms. The normalized spacial score (nSPS) is 15.4. The summed E-state index contributed by atoms with van der Waals surface area (Å²) in [4.78, 5) is 12.3. The third-order valence-corrected chi connectivity index (χ3v) is 4.43. The lowest BCUT2D eigenvalue weighted by Crippen LogP contribution is -2.37. The number of fused-ring (bicyclic) bond motifs is 1. The van der Waals surface area contributed by atoms with Crippen LogP contribution in [-0.2, 0) is 16.1 Å². The number of halogens is 1. The van der Waals surface area contributed by atoms with Gasteiger partial charge in [0, 0.05) is 10.0 Å². The summed E-state index contributed by atoms with van der Waals surface area (Å²) in [6.07, 6.45) is -0.797. The van der Waals surface area contributed by atoms with E-state index in [1.54, 1.807) is 38.5 Å². The van der Waals surface area contributed by atoms with Crippen molar-refractivity contribution in [1.82, 2.24) is 0 Å². The summed E-state index contributed by atoms with van der Waals surface area (Å²) in [5.74, 6) is 1.81. The van der Waals surface area contributed by atoms with Crippen molar-refractivity contribution in [3.63, 3.8) is 0 Å². The molecule has 1 atom stereocenters. The number of carbonyl (C=O) groups excluding carboxylic acids is 1. The van der Waals surface area contributed by atoms with E-state index < -0.39 is 12.1 Å². The molecule has 1 aliphatic heterocycles. The van der Waals surface area contributed by atoms with E-state index in [2.05, 4.69) is 15.9 Å². The molecular formula is C18H17BrO6. The maximum absolute atomic E-state index is 12.3. The molecule has 0 bridgehead atoms. The van der Waals surface area contributed by atoms with Crippen LogP contribution in [0.15, 0.2) is 40.9 Å². The highest BCUT2D eigenvalue weighted by atomic mass is 79.9. The second kappa shape index (κ2) is 7.65. The summed E-state index contributed by atoms with van der Waals surface area (Å²) in [5.41, 5.74) is 0.753. The van der Waals surface area contributed by atoms with Crippen LogP contribution in [0.4, 0.5) is 0 Å². The monoisotopic (exact) mass is 408 g/mol. The van der Waals surface area contributed by atoms with E-state index in [4.69, 9.17) is 23.7 Å². The average Bonchev–Trinajstić information content (AvgIpc) is 2.66. The Morgan fingerprint density at radius 1 is 1.16 bits per heavy atom. The van der Waals surface area contributed by atoms with Crippen LogP contribution >= 0.6 is 15.9 Å². The highest BCUT2D eigenvalue weighted by molar-refractivity contribution is 9.10. The molecular weight excluding hydrogens is 392 g/mol. The number of methoxy groups -OCH3 is 2. The Balaban J connectivity index is 1.65. The maximum atomic E-state index is 12.3. The van der Waals surface area contributed by atoms with Gasteiger partial charge in [-0.15, -0.1) is 0 Å². The largest absolute Gasteiger partial charge is 0.493 e. The van der Waals surface area contributed by atoms with Crippen LogP contribution in [0.2, 0.25) is 0 Å². The lowest BCUT2D eigenvalue weighted by Gasteiger charge is -2.25. The minimum atomic E-state index is -0.797. The van der Waals surface area contributed by atoms with Crippen molar-refractivity contribution in [1.29, 1.82) is 0 Å². The van der Waals surface area contributed by atoms with Gasteiger partial charge in [0.1, 0.15) is 13.2 Å². The zero-order valence-corrected chi connectivity index (χ0v) is 15.4. The molecule has 0 spiro atoms. The van der Waals surface area contributed by atoms with E-state index in [1.165, 1.54) is 0 Å². The molecule has 0 unspecified atom stereocenters. The van der Waals surface area contributed by atoms with Gasteiger partial charge >= 0.3 is 5.97 Å². The van der Waals surface area contributed by atoms with Crippen molar-refractivity contribution in [2.45, 2.75) is 12.7 Å². The third-order valence-electron chi connectivity index (χ3n) is 3.69. The molecule has 0 radical (unpaired) electrons. The van der Waals surface area contributed by atoms with Crippen LogP contribution in [0.3, 0.4) is 0 Å². The van der Waals surface area contributed by atoms with Gasteiger partial charge in [-0.05, 0) is 24.3 Å². The maximum Gasteiger partial charge on any atom is 0.351 e. The molecule has 2 aromatic carbocycles. The summed E-state index contributed by atoms with van der Waals surface area (Å²) < 4.78 is 27.8. The van der Waals surface area contributed by atoms with Crippen molar-refractivity contribution in [3.8, 4) is 23.0 Å². The number of rotatable bonds is 5. The predicted octanol–water partition coefficient (Wildman–Crippen LogP) is 3.35. The average molecular weight is 409 g/mol. The highest BCUT2D eigenvalue weighted by Gasteiger charge is 2.28. The molecule has 132 valence electrons. The first-order valence-electron chi connectivity index (χ1n) is 7.58. The molecule has 0 aromatic heterocycles. The second-order valence-corrected chi connectivity index (χ2v) is 6.12. The van der Waals surface area contributed by atoms with Gasteiger partial charge in [-0.2, -0.15) is 0 Å². The minimum Gasteiger partial charge on any atom is -0.493 e. The molecule has 0 saturated heterocycles. The fraction of sp³-hybridized carbons (Fsp3) is 0.278. The molecule has 3 rings (SSSR count). The van der Waals surface area contributed by atoms with E-state index in [1.807, 2.05) is 12.1 Å². The van der Waals surface area contributed by atoms with Gasteiger partial charge in [0.2, 0.25) is 6.10 Å². The van der Waals surface area contributed by atoms with Crippen LogP contribution in [-0.4, -0.2) is 32.9 Å². The molecule has 7 heteroatoms. The highest BCUT2D eigenvalue weighted by Crippen LogP contribution is 2.34. The van der Waals surface area contributed by atoms with Crippen molar-refractivity contribution in [2.24, 2.45) is 0 Å². The Morgan fingerprint density at radius 2 is 1.84 bits per heavy atom. The van der Waals surface area contributed by atoms with Gasteiger partial charge in [0.05, 0.1) is 14.2 Å². The standard InChI is InChI=1S/C18H17BrO6/c1-21-15-7-11(12(19)8-16(15)22-2)9-24-18(20)17-10-23-13-5-3-4-6-14(13)25-17/h3-8,17H,9-10H2,1-2H3/t17-/m1/s1. The topological polar surface area (TPSA) is 63.2 Å².